The fraction of sp³-hybridized carbons (Fsp3) is 0.133. The van der Waals surface area contributed by atoms with Gasteiger partial charge < -0.3 is 14.6 Å². The first-order valence-corrected chi connectivity index (χ1v) is 7.28. The van der Waals surface area contributed by atoms with E-state index in [1.807, 2.05) is 5.38 Å². The molecule has 0 aliphatic rings. The average molecular weight is 317 g/mol. The average Bonchev–Trinajstić information content (AvgIpc) is 3.03. The van der Waals surface area contributed by atoms with Gasteiger partial charge in [-0.05, 0) is 48.2 Å². The van der Waals surface area contributed by atoms with Gasteiger partial charge >= 0.3 is 0 Å². The molecular weight excluding hydrogens is 304 g/mol. The van der Waals surface area contributed by atoms with Crippen LogP contribution in [-0.2, 0) is 4.79 Å². The number of rotatable bonds is 6. The maximum atomic E-state index is 11.6. The Morgan fingerprint density at radius 2 is 2.05 bits per heavy atom. The number of aliphatic carboxylic acids is 1. The lowest BCUT2D eigenvalue weighted by Gasteiger charge is -2.15. The molecule has 7 heteroatoms. The number of benzene rings is 1. The fourth-order valence-corrected chi connectivity index (χ4v) is 2.13. The minimum Gasteiger partial charge on any atom is -0.546 e. The summed E-state index contributed by atoms with van der Waals surface area (Å²) < 4.78 is 5.15. The van der Waals surface area contributed by atoms with Crippen molar-refractivity contribution in [3.05, 3.63) is 52.2 Å². The van der Waals surface area contributed by atoms with Crippen molar-refractivity contribution in [1.29, 1.82) is 0 Å². The lowest BCUT2D eigenvalue weighted by atomic mass is 10.2. The van der Waals surface area contributed by atoms with E-state index in [1.54, 1.807) is 36.4 Å². The zero-order valence-corrected chi connectivity index (χ0v) is 12.5. The number of ether oxygens (including phenoxy) is 1. The molecule has 1 amide bonds. The van der Waals surface area contributed by atoms with E-state index in [9.17, 15) is 14.7 Å². The second-order valence-electron chi connectivity index (χ2n) is 4.32. The van der Waals surface area contributed by atoms with E-state index in [0.29, 0.717) is 10.6 Å². The Labute approximate surface area is 131 Å². The molecule has 1 atom stereocenters. The standard InChI is InChI=1S/C15H14N2O4S/c1-10(15(19)20)21-12-6-4-11(5-7-12)9-16-17-14(18)13-3-2-8-22-13/h2-10H,1H3,(H,17,18)(H,19,20)/p-1/b16-9-/t10-/m0/s1. The van der Waals surface area contributed by atoms with E-state index in [4.69, 9.17) is 4.74 Å². The molecule has 1 N–H and O–H groups in total. The van der Waals surface area contributed by atoms with Crippen LogP contribution < -0.4 is 15.3 Å². The van der Waals surface area contributed by atoms with Crippen molar-refractivity contribution in [2.75, 3.05) is 0 Å². The van der Waals surface area contributed by atoms with Crippen molar-refractivity contribution in [1.82, 2.24) is 5.43 Å². The molecule has 0 bridgehead atoms. The van der Waals surface area contributed by atoms with Gasteiger partial charge in [-0.15, -0.1) is 11.3 Å². The molecule has 1 aromatic heterocycles. The summed E-state index contributed by atoms with van der Waals surface area (Å²) in [5.74, 6) is -1.13. The smallest absolute Gasteiger partial charge is 0.281 e. The molecule has 22 heavy (non-hydrogen) atoms. The summed E-state index contributed by atoms with van der Waals surface area (Å²) in [7, 11) is 0. The first-order chi connectivity index (χ1) is 10.6. The maximum absolute atomic E-state index is 11.6. The monoisotopic (exact) mass is 317 g/mol. The number of thiophene rings is 1. The van der Waals surface area contributed by atoms with E-state index in [1.165, 1.54) is 24.5 Å². The first kappa shape index (κ1) is 15.7. The Kier molecular flexibility index (Phi) is 5.26. The van der Waals surface area contributed by atoms with Gasteiger partial charge in [0.2, 0.25) is 0 Å². The van der Waals surface area contributed by atoms with Crippen molar-refractivity contribution in [3.8, 4) is 5.75 Å². The number of carboxylic acids is 1. The van der Waals surface area contributed by atoms with Gasteiger partial charge in [-0.3, -0.25) is 4.79 Å². The van der Waals surface area contributed by atoms with Crippen molar-refractivity contribution in [2.45, 2.75) is 13.0 Å². The zero-order valence-electron chi connectivity index (χ0n) is 11.7. The predicted octanol–water partition coefficient (Wildman–Crippen LogP) is 1.03. The molecule has 2 aromatic rings. The maximum Gasteiger partial charge on any atom is 0.281 e. The summed E-state index contributed by atoms with van der Waals surface area (Å²) in [6.45, 7) is 1.39. The van der Waals surface area contributed by atoms with Crippen molar-refractivity contribution < 1.29 is 19.4 Å². The van der Waals surface area contributed by atoms with Crippen LogP contribution in [0, 0.1) is 0 Å². The van der Waals surface area contributed by atoms with E-state index in [2.05, 4.69) is 10.5 Å². The Hall–Kier alpha value is -2.67. The minimum absolute atomic E-state index is 0.269. The number of nitrogens with one attached hydrogen (secondary N) is 1. The van der Waals surface area contributed by atoms with E-state index in [-0.39, 0.29) is 5.91 Å². The second kappa shape index (κ2) is 7.37. The van der Waals surface area contributed by atoms with Crippen LogP contribution in [0.15, 0.2) is 46.9 Å². The van der Waals surface area contributed by atoms with Gasteiger partial charge in [-0.1, -0.05) is 6.07 Å². The van der Waals surface area contributed by atoms with Crippen LogP contribution in [0.4, 0.5) is 0 Å². The van der Waals surface area contributed by atoms with Crippen LogP contribution in [0.5, 0.6) is 5.75 Å². The van der Waals surface area contributed by atoms with Crippen LogP contribution in [0.3, 0.4) is 0 Å². The van der Waals surface area contributed by atoms with E-state index in [0.717, 1.165) is 5.56 Å². The van der Waals surface area contributed by atoms with Crippen LogP contribution in [0.25, 0.3) is 0 Å². The number of carbonyl (C=O) groups is 2. The lowest BCUT2D eigenvalue weighted by molar-refractivity contribution is -0.312. The molecule has 0 spiro atoms. The quantitative estimate of drug-likeness (QED) is 0.636. The highest BCUT2D eigenvalue weighted by Gasteiger charge is 2.05. The molecule has 0 fully saturated rings. The SMILES string of the molecule is C[C@H](Oc1ccc(/C=N\NC(=O)c2cccs2)cc1)C(=O)[O-]. The van der Waals surface area contributed by atoms with Crippen molar-refractivity contribution in [3.63, 3.8) is 0 Å². The largest absolute Gasteiger partial charge is 0.546 e. The number of carbonyl (C=O) groups excluding carboxylic acids is 2. The number of hydrogen-bond acceptors (Lipinski definition) is 6. The summed E-state index contributed by atoms with van der Waals surface area (Å²) in [6.07, 6.45) is 0.460. The first-order valence-electron chi connectivity index (χ1n) is 6.41. The Bertz CT molecular complexity index is 665. The molecule has 1 aromatic carbocycles. The molecule has 0 radical (unpaired) electrons. The highest BCUT2D eigenvalue weighted by Crippen LogP contribution is 2.13. The normalized spacial score (nSPS) is 12.0. The Morgan fingerprint density at radius 1 is 1.32 bits per heavy atom. The van der Waals surface area contributed by atoms with Crippen LogP contribution in [0.2, 0.25) is 0 Å². The Balaban J connectivity index is 1.89. The Morgan fingerprint density at radius 3 is 2.64 bits per heavy atom. The van der Waals surface area contributed by atoms with Gasteiger partial charge in [0.25, 0.3) is 5.91 Å². The molecule has 0 saturated carbocycles. The molecule has 114 valence electrons. The van der Waals surface area contributed by atoms with Crippen LogP contribution in [-0.4, -0.2) is 24.2 Å². The van der Waals surface area contributed by atoms with Gasteiger partial charge in [0.05, 0.1) is 17.1 Å². The highest BCUT2D eigenvalue weighted by molar-refractivity contribution is 7.12. The molecule has 0 aliphatic carbocycles. The van der Waals surface area contributed by atoms with Gasteiger partial charge in [-0.2, -0.15) is 5.10 Å². The summed E-state index contributed by atoms with van der Waals surface area (Å²) in [4.78, 5) is 22.8. The zero-order chi connectivity index (χ0) is 15.9. The third kappa shape index (κ3) is 4.42. The predicted molar refractivity (Wildman–Crippen MR) is 80.9 cm³/mol. The summed E-state index contributed by atoms with van der Waals surface area (Å²) in [5, 5.41) is 16.2. The molecule has 2 rings (SSSR count). The van der Waals surface area contributed by atoms with E-state index < -0.39 is 12.1 Å². The van der Waals surface area contributed by atoms with Crippen LogP contribution in [0.1, 0.15) is 22.2 Å². The highest BCUT2D eigenvalue weighted by atomic mass is 32.1. The minimum atomic E-state index is -1.28. The third-order valence-electron chi connectivity index (χ3n) is 2.65. The lowest BCUT2D eigenvalue weighted by Crippen LogP contribution is -2.37. The van der Waals surface area contributed by atoms with Gasteiger partial charge in [-0.25, -0.2) is 5.43 Å². The molecule has 1 heterocycles. The molecule has 0 aliphatic heterocycles. The number of hydrogen-bond donors (Lipinski definition) is 1. The summed E-state index contributed by atoms with van der Waals surface area (Å²) in [6, 6.07) is 10.1. The second-order valence-corrected chi connectivity index (χ2v) is 5.27. The third-order valence-corrected chi connectivity index (χ3v) is 3.52. The van der Waals surface area contributed by atoms with Crippen molar-refractivity contribution >= 4 is 29.4 Å². The topological polar surface area (TPSA) is 90.8 Å². The van der Waals surface area contributed by atoms with Gasteiger partial charge in [0, 0.05) is 0 Å². The number of nitrogens with zero attached hydrogens (tertiary/aromatic N) is 1. The molecule has 0 unspecified atom stereocenters. The molecular formula is C15H13N2O4S-. The van der Waals surface area contributed by atoms with Crippen molar-refractivity contribution in [2.24, 2.45) is 5.10 Å². The molecule has 0 saturated heterocycles. The van der Waals surface area contributed by atoms with Crippen LogP contribution >= 0.6 is 11.3 Å². The fourth-order valence-electron chi connectivity index (χ4n) is 1.51. The van der Waals surface area contributed by atoms with Gasteiger partial charge in [0.15, 0.2) is 0 Å². The summed E-state index contributed by atoms with van der Waals surface area (Å²) >= 11 is 1.33. The number of amides is 1. The summed E-state index contributed by atoms with van der Waals surface area (Å²) in [5.41, 5.74) is 3.16. The number of carboxylic acid groups (broad SMARTS) is 1. The van der Waals surface area contributed by atoms with E-state index >= 15 is 0 Å². The molecule has 6 nitrogen and oxygen atoms in total. The van der Waals surface area contributed by atoms with Gasteiger partial charge in [0.1, 0.15) is 11.9 Å². The number of hydrazone groups is 1.